The van der Waals surface area contributed by atoms with E-state index in [4.69, 9.17) is 17.0 Å². The summed E-state index contributed by atoms with van der Waals surface area (Å²) in [4.78, 5) is 0. The second-order valence-electron chi connectivity index (χ2n) is 14.4. The summed E-state index contributed by atoms with van der Waals surface area (Å²) < 4.78 is 1.16. The van der Waals surface area contributed by atoms with Crippen LogP contribution in [0.3, 0.4) is 0 Å². The molecule has 0 nitrogen and oxygen atoms in total. The van der Waals surface area contributed by atoms with Crippen molar-refractivity contribution in [1.29, 1.82) is 0 Å². The van der Waals surface area contributed by atoms with Gasteiger partial charge in [-0.15, -0.1) is 0 Å². The molecule has 0 aromatic heterocycles. The van der Waals surface area contributed by atoms with Crippen molar-refractivity contribution < 1.29 is 15.9 Å². The summed E-state index contributed by atoms with van der Waals surface area (Å²) in [6.07, 6.45) is 8.17. The Hall–Kier alpha value is -3.87. The zero-order chi connectivity index (χ0) is 35.7. The van der Waals surface area contributed by atoms with Crippen molar-refractivity contribution in [2.45, 2.75) is 46.8 Å². The molecular formula is C49H44Cl2Zr. The van der Waals surface area contributed by atoms with Crippen LogP contribution in [0.25, 0.3) is 34.4 Å². The second kappa shape index (κ2) is 14.5. The van der Waals surface area contributed by atoms with Crippen molar-refractivity contribution in [1.82, 2.24) is 0 Å². The van der Waals surface area contributed by atoms with Gasteiger partial charge in [0.1, 0.15) is 0 Å². The van der Waals surface area contributed by atoms with E-state index < -0.39 is 15.9 Å². The molecule has 52 heavy (non-hydrogen) atoms. The molecule has 0 bridgehead atoms. The molecule has 0 spiro atoms. The van der Waals surface area contributed by atoms with Crippen LogP contribution in [0, 0.1) is 0 Å². The van der Waals surface area contributed by atoms with Crippen LogP contribution >= 0.6 is 17.0 Å². The number of hydrogen-bond acceptors (Lipinski definition) is 0. The number of halogens is 2. The van der Waals surface area contributed by atoms with Gasteiger partial charge in [-0.05, 0) is 0 Å². The Morgan fingerprint density at radius 1 is 0.462 bits per heavy atom. The number of hydrogen-bond donors (Lipinski definition) is 0. The third kappa shape index (κ3) is 6.10. The molecule has 0 aliphatic heterocycles. The van der Waals surface area contributed by atoms with Crippen molar-refractivity contribution in [3.63, 3.8) is 0 Å². The van der Waals surface area contributed by atoms with Crippen molar-refractivity contribution in [2.75, 3.05) is 0 Å². The van der Waals surface area contributed by atoms with Gasteiger partial charge in [0, 0.05) is 0 Å². The first kappa shape index (κ1) is 35.2. The van der Waals surface area contributed by atoms with Crippen LogP contribution in [0.4, 0.5) is 0 Å². The molecule has 258 valence electrons. The van der Waals surface area contributed by atoms with Gasteiger partial charge in [-0.3, -0.25) is 0 Å². The van der Waals surface area contributed by atoms with E-state index >= 15 is 0 Å². The average molecular weight is 795 g/mol. The third-order valence-corrected chi connectivity index (χ3v) is 32.6. The number of allylic oxidation sites excluding steroid dienone is 2. The number of fused-ring (bicyclic) bond motifs is 2. The first-order valence-electron chi connectivity index (χ1n) is 18.7. The van der Waals surface area contributed by atoms with Crippen LogP contribution < -0.4 is 0 Å². The van der Waals surface area contributed by atoms with Crippen molar-refractivity contribution in [3.8, 4) is 22.3 Å². The van der Waals surface area contributed by atoms with E-state index in [0.29, 0.717) is 0 Å². The van der Waals surface area contributed by atoms with Crippen LogP contribution in [0.1, 0.15) is 67.3 Å². The first-order valence-corrected chi connectivity index (χ1v) is 29.1. The van der Waals surface area contributed by atoms with Crippen LogP contribution in [-0.4, -0.2) is 3.21 Å². The molecule has 0 radical (unpaired) electrons. The van der Waals surface area contributed by atoms with Crippen LogP contribution in [0.2, 0.25) is 0 Å². The summed E-state index contributed by atoms with van der Waals surface area (Å²) in [6, 6.07) is 56.9. The fourth-order valence-electron chi connectivity index (χ4n) is 9.19. The van der Waals surface area contributed by atoms with E-state index in [1.807, 2.05) is 0 Å². The summed E-state index contributed by atoms with van der Waals surface area (Å²) in [6.45, 7) is 4.58. The maximum absolute atomic E-state index is 9.13. The molecule has 0 saturated heterocycles. The van der Waals surface area contributed by atoms with Crippen LogP contribution in [-0.2, 0) is 28.8 Å². The molecule has 0 amide bonds. The maximum atomic E-state index is 9.13. The second-order valence-corrected chi connectivity index (χ2v) is 35.5. The average Bonchev–Trinajstić information content (AvgIpc) is 3.79. The SMILES string of the molecule is CCC1=Cc2c(-c3ccccc3)cccc2[CH]1[Zr]([Cl])([Cl])(=[C](Cc1ccccc1)Cc1ccccc1)[CH]1C(CC)=Cc2c(-c3ccccc3)cccc21. The molecule has 0 N–H and O–H groups in total. The third-order valence-electron chi connectivity index (χ3n) is 11.5. The fraction of sp³-hybridized carbons (Fsp3) is 0.163. The Kier molecular flexibility index (Phi) is 9.82. The molecule has 0 fully saturated rings. The van der Waals surface area contributed by atoms with E-state index in [2.05, 4.69) is 184 Å². The van der Waals surface area contributed by atoms with Gasteiger partial charge >= 0.3 is 320 Å². The van der Waals surface area contributed by atoms with Gasteiger partial charge in [-0.2, -0.15) is 0 Å². The minimum absolute atomic E-state index is 0.0814. The predicted molar refractivity (Wildman–Crippen MR) is 223 cm³/mol. The van der Waals surface area contributed by atoms with Crippen LogP contribution in [0.5, 0.6) is 0 Å². The van der Waals surface area contributed by atoms with E-state index in [-0.39, 0.29) is 7.25 Å². The Labute approximate surface area is 317 Å². The van der Waals surface area contributed by atoms with Crippen molar-refractivity contribution >= 4 is 32.4 Å². The summed E-state index contributed by atoms with van der Waals surface area (Å²) >= 11 is -5.50. The molecule has 2 atom stereocenters. The molecule has 2 aliphatic carbocycles. The van der Waals surface area contributed by atoms with Gasteiger partial charge < -0.3 is 0 Å². The molecule has 6 aromatic carbocycles. The van der Waals surface area contributed by atoms with Gasteiger partial charge in [0.05, 0.1) is 0 Å². The monoisotopic (exact) mass is 792 g/mol. The van der Waals surface area contributed by atoms with E-state index in [0.717, 1.165) is 25.7 Å². The molecule has 2 aliphatic rings. The van der Waals surface area contributed by atoms with Gasteiger partial charge in [-0.1, -0.05) is 0 Å². The first-order chi connectivity index (χ1) is 25.4. The van der Waals surface area contributed by atoms with Crippen LogP contribution in [0.15, 0.2) is 169 Å². The number of benzene rings is 6. The topological polar surface area (TPSA) is 0 Å². The Morgan fingerprint density at radius 2 is 0.827 bits per heavy atom. The van der Waals surface area contributed by atoms with Crippen molar-refractivity contribution in [3.05, 3.63) is 202 Å². The van der Waals surface area contributed by atoms with Gasteiger partial charge in [0.2, 0.25) is 0 Å². The summed E-state index contributed by atoms with van der Waals surface area (Å²) in [7, 11) is 18.3. The summed E-state index contributed by atoms with van der Waals surface area (Å²) in [5.74, 6) is 0. The van der Waals surface area contributed by atoms with E-state index in [1.165, 1.54) is 70.0 Å². The molecular weight excluding hydrogens is 751 g/mol. The summed E-state index contributed by atoms with van der Waals surface area (Å²) in [5, 5.41) is 0. The van der Waals surface area contributed by atoms with Gasteiger partial charge in [-0.25, -0.2) is 0 Å². The van der Waals surface area contributed by atoms with E-state index in [1.54, 1.807) is 0 Å². The number of rotatable bonds is 10. The predicted octanol–water partition coefficient (Wildman–Crippen LogP) is 14.1. The molecule has 3 heteroatoms. The Morgan fingerprint density at radius 3 is 1.19 bits per heavy atom. The fourth-order valence-corrected chi connectivity index (χ4v) is 31.2. The molecule has 8 rings (SSSR count). The quantitative estimate of drug-likeness (QED) is 0.130. The zero-order valence-electron chi connectivity index (χ0n) is 29.9. The molecule has 0 saturated carbocycles. The molecule has 2 unspecified atom stereocenters. The Bertz CT molecular complexity index is 2200. The standard InChI is InChI=1S/2C17H15.C15H14.2ClH.Zr/c2*1-2-13-11-15-9-6-10-16(17(15)12-13)14-7-4-3-5-8-14;1-3-8-14(9-4-1)12-7-13-15-10-5-2-6-11-15;;;/h2*3-12H,2H2,1H3;1-6,8-11H,12-13H2;2*1H;/q;;;;;+2/p-2. The van der Waals surface area contributed by atoms with Gasteiger partial charge in [0.25, 0.3) is 0 Å². The minimum atomic E-state index is -5.50. The summed E-state index contributed by atoms with van der Waals surface area (Å²) in [5.41, 5.74) is 15.3. The molecule has 0 heterocycles. The van der Waals surface area contributed by atoms with Gasteiger partial charge in [0.15, 0.2) is 0 Å². The zero-order valence-corrected chi connectivity index (χ0v) is 33.9. The normalized spacial score (nSPS) is 16.6. The Balaban J connectivity index is 1.48. The van der Waals surface area contributed by atoms with Crippen molar-refractivity contribution in [2.24, 2.45) is 0 Å². The van der Waals surface area contributed by atoms with E-state index in [9.17, 15) is 0 Å². The molecule has 6 aromatic rings.